The molecule has 6 nitrogen and oxygen atoms in total. The van der Waals surface area contributed by atoms with Gasteiger partial charge in [-0.25, -0.2) is 18.5 Å². The summed E-state index contributed by atoms with van der Waals surface area (Å²) < 4.78 is 22.6. The standard InChI is InChI=1S/C12H13N3O3S2/c1-7-5-9(3-4-11(7)20(13,17)18)15-12(16)10-6-19-8(2)14-10/h3-6H,1-2H3,(H,15,16)(H2,13,17,18). The Morgan fingerprint density at radius 2 is 2.05 bits per heavy atom. The number of hydrogen-bond acceptors (Lipinski definition) is 5. The lowest BCUT2D eigenvalue weighted by Gasteiger charge is -2.07. The number of benzene rings is 1. The molecule has 0 bridgehead atoms. The molecular formula is C12H13N3O3S2. The van der Waals surface area contributed by atoms with Crippen LogP contribution in [0.25, 0.3) is 0 Å². The molecule has 8 heteroatoms. The van der Waals surface area contributed by atoms with Crippen LogP contribution in [-0.2, 0) is 10.0 Å². The first-order valence-electron chi connectivity index (χ1n) is 5.64. The van der Waals surface area contributed by atoms with Crippen molar-refractivity contribution in [3.8, 4) is 0 Å². The van der Waals surface area contributed by atoms with Crippen molar-refractivity contribution in [1.29, 1.82) is 0 Å². The molecule has 1 aromatic carbocycles. The molecule has 106 valence electrons. The number of anilines is 1. The third kappa shape index (κ3) is 3.21. The van der Waals surface area contributed by atoms with Crippen molar-refractivity contribution < 1.29 is 13.2 Å². The van der Waals surface area contributed by atoms with Gasteiger partial charge in [-0.05, 0) is 37.6 Å². The lowest BCUT2D eigenvalue weighted by Crippen LogP contribution is -2.15. The Balaban J connectivity index is 2.23. The van der Waals surface area contributed by atoms with Gasteiger partial charge in [0, 0.05) is 11.1 Å². The fourth-order valence-electron chi connectivity index (χ4n) is 1.71. The number of nitrogens with zero attached hydrogens (tertiary/aromatic N) is 1. The topological polar surface area (TPSA) is 102 Å². The molecule has 0 fully saturated rings. The zero-order valence-corrected chi connectivity index (χ0v) is 12.5. The summed E-state index contributed by atoms with van der Waals surface area (Å²) in [5.74, 6) is -0.336. The first-order chi connectivity index (χ1) is 9.27. The summed E-state index contributed by atoms with van der Waals surface area (Å²) in [6, 6.07) is 4.41. The number of hydrogen-bond donors (Lipinski definition) is 2. The molecule has 0 spiro atoms. The number of aromatic nitrogens is 1. The molecule has 3 N–H and O–H groups in total. The number of nitrogens with one attached hydrogen (secondary N) is 1. The maximum Gasteiger partial charge on any atom is 0.275 e. The number of nitrogens with two attached hydrogens (primary N) is 1. The average Bonchev–Trinajstić information content (AvgIpc) is 2.74. The number of primary sulfonamides is 1. The Kier molecular flexibility index (Phi) is 3.89. The summed E-state index contributed by atoms with van der Waals surface area (Å²) >= 11 is 1.38. The van der Waals surface area contributed by atoms with Gasteiger partial charge in [0.2, 0.25) is 10.0 Å². The third-order valence-corrected chi connectivity index (χ3v) is 4.44. The molecule has 1 aromatic heterocycles. The minimum absolute atomic E-state index is 0.0417. The van der Waals surface area contributed by atoms with E-state index in [0.717, 1.165) is 5.01 Å². The molecule has 1 amide bonds. The smallest absolute Gasteiger partial charge is 0.275 e. The van der Waals surface area contributed by atoms with Crippen molar-refractivity contribution in [2.45, 2.75) is 18.7 Å². The molecule has 0 aliphatic heterocycles. The fourth-order valence-corrected chi connectivity index (χ4v) is 3.07. The summed E-state index contributed by atoms with van der Waals surface area (Å²) in [6.45, 7) is 3.43. The number of amides is 1. The van der Waals surface area contributed by atoms with E-state index in [1.54, 1.807) is 18.4 Å². The van der Waals surface area contributed by atoms with Crippen LogP contribution in [0.3, 0.4) is 0 Å². The number of aryl methyl sites for hydroxylation is 2. The van der Waals surface area contributed by atoms with Gasteiger partial charge < -0.3 is 5.32 Å². The first-order valence-corrected chi connectivity index (χ1v) is 8.07. The summed E-state index contributed by atoms with van der Waals surface area (Å²) in [7, 11) is -3.75. The van der Waals surface area contributed by atoms with E-state index < -0.39 is 10.0 Å². The second-order valence-electron chi connectivity index (χ2n) is 4.23. The van der Waals surface area contributed by atoms with Gasteiger partial charge in [0.25, 0.3) is 5.91 Å². The molecular weight excluding hydrogens is 298 g/mol. The highest BCUT2D eigenvalue weighted by Crippen LogP contribution is 2.19. The second kappa shape index (κ2) is 5.31. The lowest BCUT2D eigenvalue weighted by atomic mass is 10.2. The molecule has 0 radical (unpaired) electrons. The number of carbonyl (C=O) groups excluding carboxylic acids is 1. The number of thiazole rings is 1. The molecule has 0 saturated carbocycles. The van der Waals surface area contributed by atoms with Gasteiger partial charge in [-0.3, -0.25) is 4.79 Å². The summed E-state index contributed by atoms with van der Waals surface area (Å²) in [4.78, 5) is 16.0. The molecule has 0 saturated heterocycles. The van der Waals surface area contributed by atoms with Gasteiger partial charge in [-0.1, -0.05) is 0 Å². The van der Waals surface area contributed by atoms with E-state index in [0.29, 0.717) is 16.9 Å². The minimum Gasteiger partial charge on any atom is -0.321 e. The lowest BCUT2D eigenvalue weighted by molar-refractivity contribution is 0.102. The third-order valence-electron chi connectivity index (χ3n) is 2.59. The van der Waals surface area contributed by atoms with E-state index in [4.69, 9.17) is 5.14 Å². The molecule has 0 aliphatic rings. The van der Waals surface area contributed by atoms with Crippen LogP contribution in [0.2, 0.25) is 0 Å². The highest BCUT2D eigenvalue weighted by Gasteiger charge is 2.13. The van der Waals surface area contributed by atoms with Crippen LogP contribution in [0, 0.1) is 13.8 Å². The van der Waals surface area contributed by atoms with E-state index in [9.17, 15) is 13.2 Å². The molecule has 0 atom stereocenters. The van der Waals surface area contributed by atoms with Crippen LogP contribution >= 0.6 is 11.3 Å². The van der Waals surface area contributed by atoms with Gasteiger partial charge >= 0.3 is 0 Å². The Bertz CT molecular complexity index is 766. The minimum atomic E-state index is -3.75. The summed E-state index contributed by atoms with van der Waals surface area (Å²) in [5.41, 5.74) is 1.30. The Morgan fingerprint density at radius 1 is 1.35 bits per heavy atom. The van der Waals surface area contributed by atoms with Gasteiger partial charge in [0.1, 0.15) is 5.69 Å². The fraction of sp³-hybridized carbons (Fsp3) is 0.167. The summed E-state index contributed by atoms with van der Waals surface area (Å²) in [5, 5.41) is 10.2. The van der Waals surface area contributed by atoms with Crippen LogP contribution in [0.15, 0.2) is 28.5 Å². The van der Waals surface area contributed by atoms with Crippen LogP contribution in [0.4, 0.5) is 5.69 Å². The second-order valence-corrected chi connectivity index (χ2v) is 6.82. The van der Waals surface area contributed by atoms with Crippen molar-refractivity contribution in [2.24, 2.45) is 5.14 Å². The molecule has 1 heterocycles. The largest absolute Gasteiger partial charge is 0.321 e. The highest BCUT2D eigenvalue weighted by atomic mass is 32.2. The van der Waals surface area contributed by atoms with Gasteiger partial charge in [0.15, 0.2) is 0 Å². The zero-order valence-electron chi connectivity index (χ0n) is 10.9. The predicted octanol–water partition coefficient (Wildman–Crippen LogP) is 1.66. The quantitative estimate of drug-likeness (QED) is 0.899. The summed E-state index contributed by atoms with van der Waals surface area (Å²) in [6.07, 6.45) is 0. The zero-order chi connectivity index (χ0) is 14.9. The van der Waals surface area contributed by atoms with Crippen molar-refractivity contribution in [3.05, 3.63) is 39.8 Å². The number of sulfonamides is 1. The maximum atomic E-state index is 11.9. The van der Waals surface area contributed by atoms with Crippen LogP contribution < -0.4 is 10.5 Å². The van der Waals surface area contributed by atoms with E-state index in [1.165, 1.54) is 23.5 Å². The first kappa shape index (κ1) is 14.6. The van der Waals surface area contributed by atoms with Gasteiger partial charge in [-0.2, -0.15) is 0 Å². The van der Waals surface area contributed by atoms with Gasteiger partial charge in [-0.15, -0.1) is 11.3 Å². The Hall–Kier alpha value is -1.77. The maximum absolute atomic E-state index is 11.9. The van der Waals surface area contributed by atoms with Crippen molar-refractivity contribution in [1.82, 2.24) is 4.98 Å². The van der Waals surface area contributed by atoms with Crippen LogP contribution in [0.5, 0.6) is 0 Å². The SMILES string of the molecule is Cc1nc(C(=O)Nc2ccc(S(N)(=O)=O)c(C)c2)cs1. The average molecular weight is 311 g/mol. The van der Waals surface area contributed by atoms with E-state index >= 15 is 0 Å². The van der Waals surface area contributed by atoms with Gasteiger partial charge in [0.05, 0.1) is 9.90 Å². The van der Waals surface area contributed by atoms with Crippen LogP contribution in [0.1, 0.15) is 21.1 Å². The van der Waals surface area contributed by atoms with E-state index in [-0.39, 0.29) is 10.8 Å². The number of carbonyl (C=O) groups is 1. The Labute approximate surface area is 120 Å². The molecule has 2 aromatic rings. The Morgan fingerprint density at radius 3 is 2.55 bits per heavy atom. The van der Waals surface area contributed by atoms with E-state index in [2.05, 4.69) is 10.3 Å². The monoisotopic (exact) mass is 311 g/mol. The molecule has 0 aliphatic carbocycles. The highest BCUT2D eigenvalue weighted by molar-refractivity contribution is 7.89. The molecule has 20 heavy (non-hydrogen) atoms. The molecule has 2 rings (SSSR count). The van der Waals surface area contributed by atoms with Crippen LogP contribution in [-0.4, -0.2) is 19.3 Å². The van der Waals surface area contributed by atoms with E-state index in [1.807, 2.05) is 6.92 Å². The van der Waals surface area contributed by atoms with Crippen molar-refractivity contribution in [3.63, 3.8) is 0 Å². The predicted molar refractivity (Wildman–Crippen MR) is 77.4 cm³/mol. The van der Waals surface area contributed by atoms with Crippen molar-refractivity contribution >= 4 is 33.0 Å². The molecule has 0 unspecified atom stereocenters. The normalized spacial score (nSPS) is 11.3. The van der Waals surface area contributed by atoms with Crippen molar-refractivity contribution in [2.75, 3.05) is 5.32 Å². The number of rotatable bonds is 3.